The fourth-order valence-electron chi connectivity index (χ4n) is 2.42. The van der Waals surface area contributed by atoms with Crippen molar-refractivity contribution in [2.45, 2.75) is 27.3 Å². The quantitative estimate of drug-likeness (QED) is 0.733. The van der Waals surface area contributed by atoms with E-state index in [-0.39, 0.29) is 17.6 Å². The van der Waals surface area contributed by atoms with Crippen LogP contribution in [0, 0.1) is 0 Å². The van der Waals surface area contributed by atoms with Gasteiger partial charge in [-0.2, -0.15) is 0 Å². The molecule has 22 heavy (non-hydrogen) atoms. The zero-order chi connectivity index (χ0) is 16.1. The molecule has 0 spiro atoms. The molecule has 6 heteroatoms. The molecule has 0 aromatic carbocycles. The van der Waals surface area contributed by atoms with Gasteiger partial charge in [-0.3, -0.25) is 4.79 Å². The summed E-state index contributed by atoms with van der Waals surface area (Å²) in [5.41, 5.74) is 0.196. The maximum absolute atomic E-state index is 12.3. The number of likely N-dealkylation sites (N-methyl/N-ethyl adjacent to an activating group) is 1. The van der Waals surface area contributed by atoms with E-state index in [2.05, 4.69) is 18.7 Å². The van der Waals surface area contributed by atoms with Crippen molar-refractivity contribution in [2.75, 3.05) is 26.2 Å². The van der Waals surface area contributed by atoms with Gasteiger partial charge in [-0.05, 0) is 26.1 Å². The standard InChI is InChI=1S/C16H22N2O4/c1-4-17(5-2)8-9-18-11-13(16(20)21-6-3)14(19)12-7-10-22-15(12)18/h7,10-11H,4-6,8-9H2,1-3H3. The molecule has 0 fully saturated rings. The van der Waals surface area contributed by atoms with Crippen LogP contribution in [0.3, 0.4) is 0 Å². The lowest BCUT2D eigenvalue weighted by molar-refractivity contribution is 0.0524. The zero-order valence-electron chi connectivity index (χ0n) is 13.3. The molecule has 0 N–H and O–H groups in total. The van der Waals surface area contributed by atoms with Gasteiger partial charge in [-0.25, -0.2) is 4.79 Å². The van der Waals surface area contributed by atoms with E-state index in [1.54, 1.807) is 17.6 Å². The Hall–Kier alpha value is -2.08. The third-order valence-electron chi connectivity index (χ3n) is 3.73. The lowest BCUT2D eigenvalue weighted by Gasteiger charge is -2.19. The van der Waals surface area contributed by atoms with Crippen LogP contribution in [0.2, 0.25) is 0 Å². The molecule has 2 aromatic heterocycles. The molecular weight excluding hydrogens is 284 g/mol. The van der Waals surface area contributed by atoms with Gasteiger partial charge in [0.05, 0.1) is 18.3 Å². The Kier molecular flexibility index (Phi) is 5.38. The number of pyridine rings is 1. The summed E-state index contributed by atoms with van der Waals surface area (Å²) >= 11 is 0. The van der Waals surface area contributed by atoms with Gasteiger partial charge in [0.25, 0.3) is 0 Å². The predicted molar refractivity (Wildman–Crippen MR) is 84.2 cm³/mol. The molecule has 120 valence electrons. The molecule has 0 aliphatic heterocycles. The van der Waals surface area contributed by atoms with Gasteiger partial charge in [0.1, 0.15) is 5.56 Å². The minimum absolute atomic E-state index is 0.0512. The van der Waals surface area contributed by atoms with Gasteiger partial charge >= 0.3 is 5.97 Å². The van der Waals surface area contributed by atoms with Crippen LogP contribution in [0.5, 0.6) is 0 Å². The van der Waals surface area contributed by atoms with Crippen LogP contribution >= 0.6 is 0 Å². The first-order valence-electron chi connectivity index (χ1n) is 7.62. The molecule has 0 amide bonds. The van der Waals surface area contributed by atoms with Crippen LogP contribution in [0.25, 0.3) is 11.1 Å². The van der Waals surface area contributed by atoms with E-state index in [0.717, 1.165) is 19.6 Å². The van der Waals surface area contributed by atoms with Crippen molar-refractivity contribution in [3.63, 3.8) is 0 Å². The number of fused-ring (bicyclic) bond motifs is 1. The van der Waals surface area contributed by atoms with E-state index >= 15 is 0 Å². The maximum Gasteiger partial charge on any atom is 0.343 e. The summed E-state index contributed by atoms with van der Waals surface area (Å²) in [4.78, 5) is 26.5. The topological polar surface area (TPSA) is 64.7 Å². The molecule has 0 unspecified atom stereocenters. The highest BCUT2D eigenvalue weighted by Gasteiger charge is 2.18. The highest BCUT2D eigenvalue weighted by atomic mass is 16.5. The Bertz CT molecular complexity index is 698. The van der Waals surface area contributed by atoms with Crippen LogP contribution in [-0.2, 0) is 11.3 Å². The van der Waals surface area contributed by atoms with Crippen molar-refractivity contribution < 1.29 is 13.9 Å². The molecule has 0 aliphatic rings. The van der Waals surface area contributed by atoms with Crippen LogP contribution in [0.15, 0.2) is 27.7 Å². The highest BCUT2D eigenvalue weighted by molar-refractivity contribution is 5.92. The minimum Gasteiger partial charge on any atom is -0.462 e. The summed E-state index contributed by atoms with van der Waals surface area (Å²) in [6.07, 6.45) is 3.00. The van der Waals surface area contributed by atoms with E-state index < -0.39 is 5.97 Å². The van der Waals surface area contributed by atoms with Crippen LogP contribution < -0.4 is 5.43 Å². The summed E-state index contributed by atoms with van der Waals surface area (Å²) in [7, 11) is 0. The highest BCUT2D eigenvalue weighted by Crippen LogP contribution is 2.14. The monoisotopic (exact) mass is 306 g/mol. The van der Waals surface area contributed by atoms with Crippen molar-refractivity contribution in [3.05, 3.63) is 34.3 Å². The first-order valence-corrected chi connectivity index (χ1v) is 7.62. The van der Waals surface area contributed by atoms with Gasteiger partial charge < -0.3 is 18.6 Å². The molecule has 6 nitrogen and oxygen atoms in total. The SMILES string of the molecule is CCOC(=O)c1cn(CCN(CC)CC)c2occc2c1=O. The molecule has 0 saturated heterocycles. The van der Waals surface area contributed by atoms with Crippen molar-refractivity contribution in [1.29, 1.82) is 0 Å². The number of hydrogen-bond donors (Lipinski definition) is 0. The maximum atomic E-state index is 12.3. The molecule has 0 atom stereocenters. The number of furan rings is 1. The number of carbonyl (C=O) groups excluding carboxylic acids is 1. The third-order valence-corrected chi connectivity index (χ3v) is 3.73. The first kappa shape index (κ1) is 16.3. The fraction of sp³-hybridized carbons (Fsp3) is 0.500. The van der Waals surface area contributed by atoms with Gasteiger partial charge in [-0.15, -0.1) is 0 Å². The predicted octanol–water partition coefficient (Wildman–Crippen LogP) is 2.11. The molecule has 2 aromatic rings. The number of carbonyl (C=O) groups is 1. The van der Waals surface area contributed by atoms with Gasteiger partial charge in [0, 0.05) is 19.3 Å². The van der Waals surface area contributed by atoms with Crippen molar-refractivity contribution in [3.8, 4) is 0 Å². The normalized spacial score (nSPS) is 11.3. The third kappa shape index (κ3) is 3.22. The number of rotatable bonds is 7. The largest absolute Gasteiger partial charge is 0.462 e. The van der Waals surface area contributed by atoms with Crippen molar-refractivity contribution in [1.82, 2.24) is 9.47 Å². The molecule has 0 bridgehead atoms. The van der Waals surface area contributed by atoms with E-state index in [1.807, 2.05) is 0 Å². The van der Waals surface area contributed by atoms with Crippen LogP contribution in [0.4, 0.5) is 0 Å². The van der Waals surface area contributed by atoms with Gasteiger partial charge in [0.2, 0.25) is 11.1 Å². The van der Waals surface area contributed by atoms with Crippen LogP contribution in [-0.4, -0.2) is 41.7 Å². The Morgan fingerprint density at radius 3 is 2.68 bits per heavy atom. The van der Waals surface area contributed by atoms with E-state index in [4.69, 9.17) is 9.15 Å². The van der Waals surface area contributed by atoms with Crippen molar-refractivity contribution >= 4 is 17.1 Å². The first-order chi connectivity index (χ1) is 10.6. The average molecular weight is 306 g/mol. The minimum atomic E-state index is -0.591. The van der Waals surface area contributed by atoms with Gasteiger partial charge in [-0.1, -0.05) is 13.8 Å². The molecule has 2 rings (SSSR count). The lowest BCUT2D eigenvalue weighted by atomic mass is 10.2. The molecule has 0 saturated carbocycles. The van der Waals surface area contributed by atoms with E-state index in [0.29, 0.717) is 17.6 Å². The Morgan fingerprint density at radius 2 is 2.05 bits per heavy atom. The fourth-order valence-corrected chi connectivity index (χ4v) is 2.42. The lowest BCUT2D eigenvalue weighted by Crippen LogP contribution is -2.28. The summed E-state index contributed by atoms with van der Waals surface area (Å²) in [5.74, 6) is -0.591. The average Bonchev–Trinajstić information content (AvgIpc) is 3.00. The second kappa shape index (κ2) is 7.26. The second-order valence-electron chi connectivity index (χ2n) is 4.95. The Labute approximate surface area is 129 Å². The number of ether oxygens (including phenoxy) is 1. The van der Waals surface area contributed by atoms with Gasteiger partial charge in [0.15, 0.2) is 0 Å². The molecule has 0 aliphatic carbocycles. The number of aromatic nitrogens is 1. The Morgan fingerprint density at radius 1 is 1.32 bits per heavy atom. The smallest absolute Gasteiger partial charge is 0.343 e. The van der Waals surface area contributed by atoms with E-state index in [1.165, 1.54) is 12.5 Å². The number of esters is 1. The Balaban J connectivity index is 2.40. The molecule has 2 heterocycles. The second-order valence-corrected chi connectivity index (χ2v) is 4.95. The number of hydrogen-bond acceptors (Lipinski definition) is 5. The summed E-state index contributed by atoms with van der Waals surface area (Å²) < 4.78 is 12.2. The number of nitrogens with zero attached hydrogens (tertiary/aromatic N) is 2. The summed E-state index contributed by atoms with van der Waals surface area (Å²) in [6, 6.07) is 1.59. The van der Waals surface area contributed by atoms with Crippen LogP contribution in [0.1, 0.15) is 31.1 Å². The summed E-state index contributed by atoms with van der Waals surface area (Å²) in [5, 5.41) is 0.408. The van der Waals surface area contributed by atoms with E-state index in [9.17, 15) is 9.59 Å². The van der Waals surface area contributed by atoms with Crippen molar-refractivity contribution in [2.24, 2.45) is 0 Å². The zero-order valence-corrected chi connectivity index (χ0v) is 13.3. The summed E-state index contributed by atoms with van der Waals surface area (Å²) in [6.45, 7) is 9.50. The molecule has 0 radical (unpaired) electrons. The molecular formula is C16H22N2O4.